The van der Waals surface area contributed by atoms with E-state index in [1.54, 1.807) is 6.07 Å². The maximum absolute atomic E-state index is 11.9. The van der Waals surface area contributed by atoms with Crippen LogP contribution in [0.25, 0.3) is 0 Å². The quantitative estimate of drug-likeness (QED) is 0.899. The van der Waals surface area contributed by atoms with Crippen LogP contribution in [0.2, 0.25) is 0 Å². The van der Waals surface area contributed by atoms with E-state index < -0.39 is 12.0 Å². The molecular formula is C10H10BrNO4. The first kappa shape index (κ1) is 11.2. The summed E-state index contributed by atoms with van der Waals surface area (Å²) in [7, 11) is 0. The Hall–Kier alpha value is -1.30. The third kappa shape index (κ3) is 1.97. The standard InChI is InChI=1S/C10H10BrNO4/c11-8-4-3-7(16-8)9(13)12-5-1-2-6(12)10(14)15/h3-4,6H,1-2,5H2,(H,14,15). The lowest BCUT2D eigenvalue weighted by Crippen LogP contribution is -2.40. The van der Waals surface area contributed by atoms with Gasteiger partial charge in [-0.3, -0.25) is 4.79 Å². The van der Waals surface area contributed by atoms with E-state index in [4.69, 9.17) is 9.52 Å². The number of carboxylic acid groups (broad SMARTS) is 1. The molecule has 1 unspecified atom stereocenters. The van der Waals surface area contributed by atoms with Gasteiger partial charge in [-0.05, 0) is 40.9 Å². The molecule has 86 valence electrons. The molecule has 0 spiro atoms. The summed E-state index contributed by atoms with van der Waals surface area (Å²) in [5.74, 6) is -1.16. The van der Waals surface area contributed by atoms with Crippen LogP contribution >= 0.6 is 15.9 Å². The van der Waals surface area contributed by atoms with Crippen LogP contribution in [0.15, 0.2) is 21.2 Å². The van der Waals surface area contributed by atoms with Gasteiger partial charge in [0.25, 0.3) is 5.91 Å². The van der Waals surface area contributed by atoms with Crippen molar-refractivity contribution in [1.29, 1.82) is 0 Å². The number of carbonyl (C=O) groups excluding carboxylic acids is 1. The zero-order valence-corrected chi connectivity index (χ0v) is 9.94. The van der Waals surface area contributed by atoms with Crippen molar-refractivity contribution in [3.05, 3.63) is 22.6 Å². The molecule has 1 amide bonds. The second-order valence-electron chi connectivity index (χ2n) is 3.60. The minimum absolute atomic E-state index is 0.167. The lowest BCUT2D eigenvalue weighted by Gasteiger charge is -2.19. The molecule has 0 bridgehead atoms. The number of amides is 1. The van der Waals surface area contributed by atoms with Gasteiger partial charge < -0.3 is 14.4 Å². The number of aliphatic carboxylic acids is 1. The second kappa shape index (κ2) is 4.29. The summed E-state index contributed by atoms with van der Waals surface area (Å²) in [5.41, 5.74) is 0. The van der Waals surface area contributed by atoms with Crippen LogP contribution in [0, 0.1) is 0 Å². The van der Waals surface area contributed by atoms with Gasteiger partial charge in [0, 0.05) is 6.54 Å². The molecule has 1 atom stereocenters. The van der Waals surface area contributed by atoms with Gasteiger partial charge in [-0.25, -0.2) is 4.79 Å². The third-order valence-corrected chi connectivity index (χ3v) is 3.01. The Bertz CT molecular complexity index is 428. The molecular weight excluding hydrogens is 278 g/mol. The van der Waals surface area contributed by atoms with Gasteiger partial charge in [-0.15, -0.1) is 0 Å². The van der Waals surface area contributed by atoms with Crippen molar-refractivity contribution in [3.8, 4) is 0 Å². The zero-order valence-electron chi connectivity index (χ0n) is 8.35. The summed E-state index contributed by atoms with van der Waals surface area (Å²) >= 11 is 3.10. The highest BCUT2D eigenvalue weighted by Crippen LogP contribution is 2.22. The third-order valence-electron chi connectivity index (χ3n) is 2.58. The van der Waals surface area contributed by atoms with Crippen LogP contribution in [0.5, 0.6) is 0 Å². The number of halogens is 1. The number of hydrogen-bond acceptors (Lipinski definition) is 3. The van der Waals surface area contributed by atoms with Crippen molar-refractivity contribution in [2.24, 2.45) is 0 Å². The van der Waals surface area contributed by atoms with Crippen LogP contribution in [-0.2, 0) is 4.79 Å². The first-order valence-corrected chi connectivity index (χ1v) is 5.68. The van der Waals surface area contributed by atoms with Crippen molar-refractivity contribution in [2.75, 3.05) is 6.54 Å². The smallest absolute Gasteiger partial charge is 0.326 e. The largest absolute Gasteiger partial charge is 0.480 e. The van der Waals surface area contributed by atoms with Gasteiger partial charge in [0.1, 0.15) is 6.04 Å². The van der Waals surface area contributed by atoms with Crippen LogP contribution in [0.4, 0.5) is 0 Å². The summed E-state index contributed by atoms with van der Waals surface area (Å²) in [6, 6.07) is 2.42. The van der Waals surface area contributed by atoms with E-state index in [2.05, 4.69) is 15.9 Å². The van der Waals surface area contributed by atoms with Crippen molar-refractivity contribution >= 4 is 27.8 Å². The maximum Gasteiger partial charge on any atom is 0.326 e. The molecule has 2 rings (SSSR count). The lowest BCUT2D eigenvalue weighted by atomic mass is 10.2. The predicted octanol–water partition coefficient (Wildman–Crippen LogP) is 1.73. The van der Waals surface area contributed by atoms with Crippen LogP contribution in [0.3, 0.4) is 0 Å². The molecule has 0 saturated carbocycles. The molecule has 0 radical (unpaired) electrons. The van der Waals surface area contributed by atoms with Crippen molar-refractivity contribution in [1.82, 2.24) is 4.90 Å². The Kier molecular flexibility index (Phi) is 3.00. The zero-order chi connectivity index (χ0) is 11.7. The van der Waals surface area contributed by atoms with Crippen LogP contribution in [-0.4, -0.2) is 34.5 Å². The normalized spacial score (nSPS) is 20.1. The number of carboxylic acids is 1. The highest BCUT2D eigenvalue weighted by Gasteiger charge is 2.35. The first-order valence-electron chi connectivity index (χ1n) is 4.88. The summed E-state index contributed by atoms with van der Waals surface area (Å²) in [6.07, 6.45) is 1.22. The van der Waals surface area contributed by atoms with Crippen LogP contribution < -0.4 is 0 Å². The van der Waals surface area contributed by atoms with E-state index in [0.29, 0.717) is 24.1 Å². The average molecular weight is 288 g/mol. The van der Waals surface area contributed by atoms with Crippen LogP contribution in [0.1, 0.15) is 23.4 Å². The molecule has 1 aliphatic rings. The van der Waals surface area contributed by atoms with Gasteiger partial charge in [0.15, 0.2) is 10.4 Å². The molecule has 16 heavy (non-hydrogen) atoms. The minimum Gasteiger partial charge on any atom is -0.480 e. The molecule has 6 heteroatoms. The topological polar surface area (TPSA) is 70.8 Å². The van der Waals surface area contributed by atoms with Gasteiger partial charge in [0.2, 0.25) is 0 Å². The van der Waals surface area contributed by atoms with E-state index in [-0.39, 0.29) is 11.7 Å². The van der Waals surface area contributed by atoms with E-state index >= 15 is 0 Å². The van der Waals surface area contributed by atoms with Crippen molar-refractivity contribution in [3.63, 3.8) is 0 Å². The Balaban J connectivity index is 2.18. The molecule has 1 aromatic heterocycles. The summed E-state index contributed by atoms with van der Waals surface area (Å²) in [5, 5.41) is 8.95. The minimum atomic E-state index is -0.962. The molecule has 2 heterocycles. The fourth-order valence-electron chi connectivity index (χ4n) is 1.84. The number of hydrogen-bond donors (Lipinski definition) is 1. The van der Waals surface area contributed by atoms with Gasteiger partial charge in [-0.1, -0.05) is 0 Å². The fourth-order valence-corrected chi connectivity index (χ4v) is 2.14. The number of nitrogens with zero attached hydrogens (tertiary/aromatic N) is 1. The van der Waals surface area contributed by atoms with E-state index in [1.807, 2.05) is 0 Å². The molecule has 1 saturated heterocycles. The molecule has 5 nitrogen and oxygen atoms in total. The molecule has 0 aromatic carbocycles. The monoisotopic (exact) mass is 287 g/mol. The molecule has 1 aromatic rings. The SMILES string of the molecule is O=C(O)C1CCCN1C(=O)c1ccc(Br)o1. The Labute approximate surface area is 100 Å². The molecule has 1 aliphatic heterocycles. The number of rotatable bonds is 2. The van der Waals surface area contributed by atoms with Gasteiger partial charge in [-0.2, -0.15) is 0 Å². The highest BCUT2D eigenvalue weighted by molar-refractivity contribution is 9.10. The first-order chi connectivity index (χ1) is 7.59. The van der Waals surface area contributed by atoms with Gasteiger partial charge in [0.05, 0.1) is 0 Å². The fraction of sp³-hybridized carbons (Fsp3) is 0.400. The summed E-state index contributed by atoms with van der Waals surface area (Å²) < 4.78 is 5.58. The number of furan rings is 1. The predicted molar refractivity (Wildman–Crippen MR) is 58.1 cm³/mol. The number of carbonyl (C=O) groups is 2. The van der Waals surface area contributed by atoms with E-state index in [0.717, 1.165) is 0 Å². The van der Waals surface area contributed by atoms with Gasteiger partial charge >= 0.3 is 5.97 Å². The lowest BCUT2D eigenvalue weighted by molar-refractivity contribution is -0.141. The second-order valence-corrected chi connectivity index (χ2v) is 4.38. The Morgan fingerprint density at radius 3 is 2.81 bits per heavy atom. The molecule has 1 N–H and O–H groups in total. The molecule has 1 fully saturated rings. The Morgan fingerprint density at radius 1 is 1.50 bits per heavy atom. The van der Waals surface area contributed by atoms with Crippen molar-refractivity contribution < 1.29 is 19.1 Å². The van der Waals surface area contributed by atoms with E-state index in [1.165, 1.54) is 11.0 Å². The average Bonchev–Trinajstić information content (AvgIpc) is 2.84. The maximum atomic E-state index is 11.9. The Morgan fingerprint density at radius 2 is 2.25 bits per heavy atom. The highest BCUT2D eigenvalue weighted by atomic mass is 79.9. The van der Waals surface area contributed by atoms with Crippen molar-refractivity contribution in [2.45, 2.75) is 18.9 Å². The summed E-state index contributed by atoms with van der Waals surface area (Å²) in [4.78, 5) is 24.2. The van der Waals surface area contributed by atoms with E-state index in [9.17, 15) is 9.59 Å². The molecule has 0 aliphatic carbocycles. The summed E-state index contributed by atoms with van der Waals surface area (Å²) in [6.45, 7) is 0.466. The number of likely N-dealkylation sites (tertiary alicyclic amines) is 1.